The van der Waals surface area contributed by atoms with Gasteiger partial charge >= 0.3 is 12.1 Å². The normalized spacial score (nSPS) is 24.4. The Hall–Kier alpha value is -3.97. The highest BCUT2D eigenvalue weighted by Gasteiger charge is 2.46. The lowest BCUT2D eigenvalue weighted by Gasteiger charge is -2.40. The molecule has 3 heterocycles. The number of halogens is 1. The fourth-order valence-electron chi connectivity index (χ4n) is 7.42. The van der Waals surface area contributed by atoms with Crippen LogP contribution in [-0.2, 0) is 11.2 Å². The molecule has 2 unspecified atom stereocenters. The third-order valence-corrected chi connectivity index (χ3v) is 9.85. The standard InChI is InChI=1S/C35H41FN6O3/c1-35(2,3)45-34(43)42-15-14-41(19-23(42)18-37-4)32-27-12-11-26(24-9-6-10-25-28-16-21(28)17-29(24)25)30(36)31(27)38-33(39-32)44-20-22-8-7-13-40(22)5/h6,9-12,21-23,28H,7-8,13-20H2,1-3,5H3/t21?,22-,23-,28?/m0/s1. The van der Waals surface area contributed by atoms with Crippen LogP contribution in [0.3, 0.4) is 0 Å². The zero-order chi connectivity index (χ0) is 31.5. The number of carbonyl (C=O) groups excluding carboxylic acids is 1. The number of nitrogens with zero attached hydrogens (tertiary/aromatic N) is 6. The summed E-state index contributed by atoms with van der Waals surface area (Å²) < 4.78 is 28.5. The average molecular weight is 613 g/mol. The summed E-state index contributed by atoms with van der Waals surface area (Å²) in [5, 5.41) is 0.587. The maximum absolute atomic E-state index is 16.7. The lowest BCUT2D eigenvalue weighted by molar-refractivity contribution is 0.0155. The molecule has 9 nitrogen and oxygen atoms in total. The van der Waals surface area contributed by atoms with Crippen molar-refractivity contribution in [2.75, 3.05) is 51.3 Å². The van der Waals surface area contributed by atoms with Gasteiger partial charge in [-0.05, 0) is 94.6 Å². The lowest BCUT2D eigenvalue weighted by Crippen LogP contribution is -2.57. The van der Waals surface area contributed by atoms with Gasteiger partial charge in [0, 0.05) is 36.6 Å². The number of carbonyl (C=O) groups is 1. The largest absolute Gasteiger partial charge is 0.462 e. The Morgan fingerprint density at radius 2 is 1.96 bits per heavy atom. The number of rotatable bonds is 6. The second-order valence-corrected chi connectivity index (χ2v) is 14.0. The van der Waals surface area contributed by atoms with Crippen molar-refractivity contribution in [1.82, 2.24) is 19.8 Å². The molecule has 2 aromatic carbocycles. The van der Waals surface area contributed by atoms with Crippen molar-refractivity contribution in [2.45, 2.75) is 70.1 Å². The average Bonchev–Trinajstić information content (AvgIpc) is 3.49. The minimum atomic E-state index is -0.645. The van der Waals surface area contributed by atoms with Gasteiger partial charge in [-0.15, -0.1) is 0 Å². The Balaban J connectivity index is 1.26. The van der Waals surface area contributed by atoms with E-state index in [9.17, 15) is 4.79 Å². The van der Waals surface area contributed by atoms with E-state index >= 15 is 4.39 Å². The molecular weight excluding hydrogens is 571 g/mol. The molecule has 0 bridgehead atoms. The van der Waals surface area contributed by atoms with Crippen molar-refractivity contribution in [3.8, 4) is 17.1 Å². The summed E-state index contributed by atoms with van der Waals surface area (Å²) in [5.74, 6) is 1.49. The highest BCUT2D eigenvalue weighted by atomic mass is 19.1. The maximum atomic E-state index is 16.7. The number of fused-ring (bicyclic) bond motifs is 4. The van der Waals surface area contributed by atoms with Gasteiger partial charge in [-0.25, -0.2) is 15.8 Å². The molecule has 10 heteroatoms. The molecule has 0 spiro atoms. The van der Waals surface area contributed by atoms with Gasteiger partial charge in [0.15, 0.2) is 5.82 Å². The summed E-state index contributed by atoms with van der Waals surface area (Å²) in [6.45, 7) is 15.8. The second-order valence-electron chi connectivity index (χ2n) is 14.0. The van der Waals surface area contributed by atoms with Crippen molar-refractivity contribution in [2.24, 2.45) is 5.92 Å². The van der Waals surface area contributed by atoms with Crippen LogP contribution in [0.4, 0.5) is 15.0 Å². The quantitative estimate of drug-likeness (QED) is 0.320. The Bertz CT molecular complexity index is 1680. The third-order valence-electron chi connectivity index (χ3n) is 9.85. The van der Waals surface area contributed by atoms with Gasteiger partial charge < -0.3 is 24.1 Å². The molecule has 7 rings (SSSR count). The zero-order valence-electron chi connectivity index (χ0n) is 26.6. The smallest absolute Gasteiger partial charge is 0.410 e. The summed E-state index contributed by atoms with van der Waals surface area (Å²) in [6, 6.07) is 10.0. The van der Waals surface area contributed by atoms with E-state index in [-0.39, 0.29) is 29.9 Å². The minimum Gasteiger partial charge on any atom is -0.462 e. The molecule has 0 N–H and O–H groups in total. The van der Waals surface area contributed by atoms with Gasteiger partial charge in [0.1, 0.15) is 29.6 Å². The van der Waals surface area contributed by atoms with Gasteiger partial charge in [0.2, 0.25) is 6.54 Å². The van der Waals surface area contributed by atoms with Gasteiger partial charge in [-0.2, -0.15) is 9.97 Å². The van der Waals surface area contributed by atoms with Crippen LogP contribution >= 0.6 is 0 Å². The number of amides is 1. The highest BCUT2D eigenvalue weighted by Crippen LogP contribution is 2.58. The van der Waals surface area contributed by atoms with Crippen LogP contribution in [0.15, 0.2) is 30.3 Å². The molecule has 236 valence electrons. The van der Waals surface area contributed by atoms with E-state index in [1.807, 2.05) is 49.9 Å². The second kappa shape index (κ2) is 11.4. The number of hydrogen-bond donors (Lipinski definition) is 0. The van der Waals surface area contributed by atoms with Crippen LogP contribution in [0.5, 0.6) is 6.01 Å². The van der Waals surface area contributed by atoms with E-state index < -0.39 is 17.7 Å². The summed E-state index contributed by atoms with van der Waals surface area (Å²) in [6.07, 6.45) is 3.94. The molecule has 3 aromatic rings. The number of benzene rings is 2. The molecule has 2 aliphatic heterocycles. The van der Waals surface area contributed by atoms with Crippen LogP contribution in [-0.4, -0.2) is 89.9 Å². The predicted octanol–water partition coefficient (Wildman–Crippen LogP) is 5.91. The molecule has 4 atom stereocenters. The van der Waals surface area contributed by atoms with E-state index in [4.69, 9.17) is 21.0 Å². The molecule has 0 radical (unpaired) electrons. The molecule has 2 aliphatic carbocycles. The van der Waals surface area contributed by atoms with E-state index in [2.05, 4.69) is 27.8 Å². The number of anilines is 1. The fraction of sp³-hybridized carbons (Fsp3) is 0.543. The Morgan fingerprint density at radius 1 is 1.11 bits per heavy atom. The zero-order valence-corrected chi connectivity index (χ0v) is 26.6. The van der Waals surface area contributed by atoms with E-state index in [1.165, 1.54) is 17.5 Å². The van der Waals surface area contributed by atoms with Gasteiger partial charge in [0.25, 0.3) is 0 Å². The van der Waals surface area contributed by atoms with Gasteiger partial charge in [-0.1, -0.05) is 24.3 Å². The van der Waals surface area contributed by atoms with Crippen molar-refractivity contribution in [1.29, 1.82) is 0 Å². The number of ether oxygens (including phenoxy) is 2. The number of likely N-dealkylation sites (tertiary alicyclic amines) is 1. The Kier molecular flexibility index (Phi) is 7.55. The van der Waals surface area contributed by atoms with Crippen LogP contribution in [0.2, 0.25) is 0 Å². The number of piperazine rings is 1. The van der Waals surface area contributed by atoms with E-state index in [0.717, 1.165) is 31.4 Å². The van der Waals surface area contributed by atoms with E-state index in [0.29, 0.717) is 54.8 Å². The number of aromatic nitrogens is 2. The molecule has 2 saturated heterocycles. The Morgan fingerprint density at radius 3 is 2.71 bits per heavy atom. The molecule has 1 amide bonds. The molecule has 1 aromatic heterocycles. The summed E-state index contributed by atoms with van der Waals surface area (Å²) in [5.41, 5.74) is 3.69. The summed E-state index contributed by atoms with van der Waals surface area (Å²) in [4.78, 5) is 32.1. The molecule has 3 fully saturated rings. The molecular formula is C35H41FN6O3. The van der Waals surface area contributed by atoms with Gasteiger partial charge in [-0.3, -0.25) is 4.90 Å². The SMILES string of the molecule is [C-]#[N+]C[C@H]1CN(c2nc(OC[C@@H]3CCCN3C)nc3c(F)c(-c4cccc5c4CC4CC54)ccc23)CCN1C(=O)OC(C)(C)C. The molecule has 1 saturated carbocycles. The van der Waals surface area contributed by atoms with Crippen molar-refractivity contribution >= 4 is 22.8 Å². The molecule has 45 heavy (non-hydrogen) atoms. The van der Waals surface area contributed by atoms with Crippen molar-refractivity contribution < 1.29 is 18.7 Å². The minimum absolute atomic E-state index is 0.121. The fourth-order valence-corrected chi connectivity index (χ4v) is 7.42. The summed E-state index contributed by atoms with van der Waals surface area (Å²) in [7, 11) is 2.09. The van der Waals surface area contributed by atoms with E-state index in [1.54, 1.807) is 4.90 Å². The Labute approximate surface area is 264 Å². The first-order chi connectivity index (χ1) is 21.6. The highest BCUT2D eigenvalue weighted by molar-refractivity contribution is 5.94. The van der Waals surface area contributed by atoms with Crippen molar-refractivity contribution in [3.05, 3.63) is 58.7 Å². The molecule has 4 aliphatic rings. The predicted molar refractivity (Wildman–Crippen MR) is 171 cm³/mol. The third kappa shape index (κ3) is 5.67. The van der Waals surface area contributed by atoms with Crippen molar-refractivity contribution in [3.63, 3.8) is 0 Å². The maximum Gasteiger partial charge on any atom is 0.410 e. The summed E-state index contributed by atoms with van der Waals surface area (Å²) >= 11 is 0. The van der Waals surface area contributed by atoms with Crippen LogP contribution in [0.25, 0.3) is 26.9 Å². The van der Waals surface area contributed by atoms with Gasteiger partial charge in [0.05, 0.1) is 0 Å². The van der Waals surface area contributed by atoms with Crippen LogP contribution in [0.1, 0.15) is 57.1 Å². The first kappa shape index (κ1) is 29.7. The number of hydrogen-bond acceptors (Lipinski definition) is 7. The lowest BCUT2D eigenvalue weighted by atomic mass is 9.93. The first-order valence-corrected chi connectivity index (χ1v) is 16.1. The number of likely N-dealkylation sites (N-methyl/N-ethyl adjacent to an activating group) is 1. The van der Waals surface area contributed by atoms with Crippen LogP contribution in [0, 0.1) is 18.3 Å². The first-order valence-electron chi connectivity index (χ1n) is 16.1. The monoisotopic (exact) mass is 612 g/mol. The van der Waals surface area contributed by atoms with Crippen LogP contribution < -0.4 is 9.64 Å². The topological polar surface area (TPSA) is 75.4 Å².